The number of pyridine rings is 1. The summed E-state index contributed by atoms with van der Waals surface area (Å²) in [5.74, 6) is 7.31. The van der Waals surface area contributed by atoms with Crippen molar-refractivity contribution in [3.63, 3.8) is 0 Å². The van der Waals surface area contributed by atoms with Gasteiger partial charge in [0.05, 0.1) is 20.3 Å². The number of benzene rings is 1. The summed E-state index contributed by atoms with van der Waals surface area (Å²) in [6.07, 6.45) is 5.35. The van der Waals surface area contributed by atoms with Gasteiger partial charge >= 0.3 is 0 Å². The Morgan fingerprint density at radius 2 is 1.90 bits per heavy atom. The second-order valence-corrected chi connectivity index (χ2v) is 4.72. The molecule has 0 bridgehead atoms. The van der Waals surface area contributed by atoms with Crippen molar-refractivity contribution in [1.82, 2.24) is 10.4 Å². The number of hydrazine groups is 1. The maximum absolute atomic E-state index is 5.73. The SMILES string of the molecule is COc1ccc(OC)c(C(CCc2ccncc2)NN)c1. The van der Waals surface area contributed by atoms with E-state index in [2.05, 4.69) is 10.4 Å². The largest absolute Gasteiger partial charge is 0.497 e. The molecule has 0 saturated heterocycles. The molecule has 21 heavy (non-hydrogen) atoms. The maximum atomic E-state index is 5.73. The van der Waals surface area contributed by atoms with Crippen molar-refractivity contribution in [3.8, 4) is 11.5 Å². The van der Waals surface area contributed by atoms with E-state index in [4.69, 9.17) is 15.3 Å². The highest BCUT2D eigenvalue weighted by atomic mass is 16.5. The quantitative estimate of drug-likeness (QED) is 0.604. The predicted octanol–water partition coefficient (Wildman–Crippen LogP) is 2.24. The van der Waals surface area contributed by atoms with Gasteiger partial charge in [0.25, 0.3) is 0 Å². The first-order chi connectivity index (χ1) is 10.3. The van der Waals surface area contributed by atoms with E-state index in [1.807, 2.05) is 30.3 Å². The molecule has 1 aromatic carbocycles. The second kappa shape index (κ2) is 7.61. The van der Waals surface area contributed by atoms with Gasteiger partial charge in [-0.2, -0.15) is 0 Å². The third kappa shape index (κ3) is 3.93. The first-order valence-electron chi connectivity index (χ1n) is 6.85. The van der Waals surface area contributed by atoms with Crippen LogP contribution in [0.2, 0.25) is 0 Å². The van der Waals surface area contributed by atoms with Crippen LogP contribution in [0.5, 0.6) is 11.5 Å². The Labute approximate surface area is 125 Å². The summed E-state index contributed by atoms with van der Waals surface area (Å²) in [7, 11) is 3.30. The Kier molecular flexibility index (Phi) is 5.54. The lowest BCUT2D eigenvalue weighted by Crippen LogP contribution is -2.28. The van der Waals surface area contributed by atoms with Crippen molar-refractivity contribution in [1.29, 1.82) is 0 Å². The van der Waals surface area contributed by atoms with Crippen LogP contribution in [0.1, 0.15) is 23.6 Å². The molecule has 0 radical (unpaired) electrons. The molecule has 1 heterocycles. The van der Waals surface area contributed by atoms with E-state index in [1.54, 1.807) is 26.6 Å². The van der Waals surface area contributed by atoms with E-state index in [-0.39, 0.29) is 6.04 Å². The normalized spacial score (nSPS) is 12.0. The number of rotatable bonds is 7. The molecule has 0 amide bonds. The maximum Gasteiger partial charge on any atom is 0.123 e. The lowest BCUT2D eigenvalue weighted by Gasteiger charge is -2.20. The van der Waals surface area contributed by atoms with Crippen LogP contribution in [0.25, 0.3) is 0 Å². The number of nitrogens with two attached hydrogens (primary N) is 1. The summed E-state index contributed by atoms with van der Waals surface area (Å²) in [6.45, 7) is 0. The number of hydrogen-bond donors (Lipinski definition) is 2. The molecule has 112 valence electrons. The summed E-state index contributed by atoms with van der Waals surface area (Å²) < 4.78 is 10.7. The smallest absolute Gasteiger partial charge is 0.123 e. The van der Waals surface area contributed by atoms with Gasteiger partial charge in [-0.05, 0) is 48.7 Å². The summed E-state index contributed by atoms with van der Waals surface area (Å²) >= 11 is 0. The van der Waals surface area contributed by atoms with Crippen molar-refractivity contribution in [2.75, 3.05) is 14.2 Å². The van der Waals surface area contributed by atoms with Crippen molar-refractivity contribution in [2.45, 2.75) is 18.9 Å². The highest BCUT2D eigenvalue weighted by Gasteiger charge is 2.16. The Bertz CT molecular complexity index is 561. The minimum Gasteiger partial charge on any atom is -0.497 e. The molecule has 0 spiro atoms. The number of hydrogen-bond acceptors (Lipinski definition) is 5. The third-order valence-electron chi connectivity index (χ3n) is 3.48. The molecule has 1 aromatic heterocycles. The number of ether oxygens (including phenoxy) is 2. The average Bonchev–Trinajstić information content (AvgIpc) is 2.56. The van der Waals surface area contributed by atoms with E-state index in [0.29, 0.717) is 0 Å². The van der Waals surface area contributed by atoms with Crippen molar-refractivity contribution >= 4 is 0 Å². The van der Waals surface area contributed by atoms with Crippen LogP contribution < -0.4 is 20.7 Å². The summed E-state index contributed by atoms with van der Waals surface area (Å²) in [6, 6.07) is 9.73. The Balaban J connectivity index is 2.16. The average molecular weight is 287 g/mol. The molecule has 5 nitrogen and oxygen atoms in total. The first-order valence-corrected chi connectivity index (χ1v) is 6.85. The molecular weight excluding hydrogens is 266 g/mol. The molecule has 0 aliphatic heterocycles. The lowest BCUT2D eigenvalue weighted by atomic mass is 9.99. The van der Waals surface area contributed by atoms with Crippen LogP contribution in [-0.4, -0.2) is 19.2 Å². The molecule has 3 N–H and O–H groups in total. The number of nitrogens with one attached hydrogen (secondary N) is 1. The van der Waals surface area contributed by atoms with Gasteiger partial charge in [-0.1, -0.05) is 0 Å². The molecular formula is C16H21N3O2. The van der Waals surface area contributed by atoms with E-state index in [9.17, 15) is 0 Å². The fourth-order valence-electron chi connectivity index (χ4n) is 2.30. The molecule has 0 aliphatic carbocycles. The summed E-state index contributed by atoms with van der Waals surface area (Å²) in [5.41, 5.74) is 5.09. The van der Waals surface area contributed by atoms with Crippen molar-refractivity contribution < 1.29 is 9.47 Å². The number of methoxy groups -OCH3 is 2. The first kappa shape index (κ1) is 15.3. The molecule has 0 aliphatic rings. The second-order valence-electron chi connectivity index (χ2n) is 4.72. The van der Waals surface area contributed by atoms with Crippen LogP contribution in [-0.2, 0) is 6.42 Å². The van der Waals surface area contributed by atoms with E-state index in [1.165, 1.54) is 5.56 Å². The zero-order valence-electron chi connectivity index (χ0n) is 12.4. The van der Waals surface area contributed by atoms with Crippen LogP contribution in [0.4, 0.5) is 0 Å². The van der Waals surface area contributed by atoms with Gasteiger partial charge in [0.15, 0.2) is 0 Å². The number of aromatic nitrogens is 1. The number of nitrogens with zero attached hydrogens (tertiary/aromatic N) is 1. The zero-order chi connectivity index (χ0) is 15.1. The van der Waals surface area contributed by atoms with E-state index < -0.39 is 0 Å². The van der Waals surface area contributed by atoms with Gasteiger partial charge in [0.1, 0.15) is 11.5 Å². The van der Waals surface area contributed by atoms with E-state index >= 15 is 0 Å². The molecule has 5 heteroatoms. The third-order valence-corrected chi connectivity index (χ3v) is 3.48. The predicted molar refractivity (Wildman–Crippen MR) is 82.2 cm³/mol. The van der Waals surface area contributed by atoms with Gasteiger partial charge in [-0.3, -0.25) is 16.3 Å². The number of aryl methyl sites for hydroxylation is 1. The van der Waals surface area contributed by atoms with Crippen molar-refractivity contribution in [2.24, 2.45) is 5.84 Å². The molecule has 1 unspecified atom stereocenters. The standard InChI is InChI=1S/C16H21N3O2/c1-20-13-4-6-16(21-2)14(11-13)15(19-17)5-3-12-7-9-18-10-8-12/h4,6-11,15,19H,3,5,17H2,1-2H3. The summed E-state index contributed by atoms with van der Waals surface area (Å²) in [4.78, 5) is 4.02. The molecule has 0 saturated carbocycles. The van der Waals surface area contributed by atoms with Crippen LogP contribution in [0.15, 0.2) is 42.7 Å². The molecule has 1 atom stereocenters. The zero-order valence-corrected chi connectivity index (χ0v) is 12.4. The van der Waals surface area contributed by atoms with Gasteiger partial charge < -0.3 is 9.47 Å². The van der Waals surface area contributed by atoms with Crippen LogP contribution in [0, 0.1) is 0 Å². The Hall–Kier alpha value is -2.11. The molecule has 0 fully saturated rings. The van der Waals surface area contributed by atoms with Gasteiger partial charge in [0, 0.05) is 18.0 Å². The Morgan fingerprint density at radius 3 is 2.52 bits per heavy atom. The van der Waals surface area contributed by atoms with Crippen LogP contribution >= 0.6 is 0 Å². The van der Waals surface area contributed by atoms with E-state index in [0.717, 1.165) is 29.9 Å². The lowest BCUT2D eigenvalue weighted by molar-refractivity contribution is 0.387. The monoisotopic (exact) mass is 287 g/mol. The summed E-state index contributed by atoms with van der Waals surface area (Å²) in [5, 5.41) is 0. The highest BCUT2D eigenvalue weighted by Crippen LogP contribution is 2.31. The fraction of sp³-hybridized carbons (Fsp3) is 0.312. The van der Waals surface area contributed by atoms with Gasteiger partial charge in [0.2, 0.25) is 0 Å². The fourth-order valence-corrected chi connectivity index (χ4v) is 2.30. The van der Waals surface area contributed by atoms with Gasteiger partial charge in [-0.25, -0.2) is 0 Å². The topological polar surface area (TPSA) is 69.4 Å². The molecule has 2 aromatic rings. The van der Waals surface area contributed by atoms with Gasteiger partial charge in [-0.15, -0.1) is 0 Å². The molecule has 2 rings (SSSR count). The highest BCUT2D eigenvalue weighted by molar-refractivity contribution is 5.42. The Morgan fingerprint density at radius 1 is 1.14 bits per heavy atom. The van der Waals surface area contributed by atoms with Crippen LogP contribution in [0.3, 0.4) is 0 Å². The van der Waals surface area contributed by atoms with Crippen molar-refractivity contribution in [3.05, 3.63) is 53.9 Å². The minimum absolute atomic E-state index is 0.0109. The minimum atomic E-state index is -0.0109.